The lowest BCUT2D eigenvalue weighted by molar-refractivity contribution is 0.0955. The van der Waals surface area contributed by atoms with E-state index in [1.54, 1.807) is 31.5 Å². The maximum Gasteiger partial charge on any atom is 0.271 e. The summed E-state index contributed by atoms with van der Waals surface area (Å²) in [4.78, 5) is 12.6. The molecule has 0 atom stereocenters. The van der Waals surface area contributed by atoms with Gasteiger partial charge in [0.05, 0.1) is 13.3 Å². The Bertz CT molecular complexity index is 1380. The van der Waals surface area contributed by atoms with Gasteiger partial charge in [0.2, 0.25) is 0 Å². The SMILES string of the molecule is COc1cc(C=NNC(=O)c2ccc(-n3c(C)ccc3C)cc2)c(Br)cc1OCc1ccc(Br)cc1. The van der Waals surface area contributed by atoms with Crippen molar-refractivity contribution in [1.82, 2.24) is 9.99 Å². The van der Waals surface area contributed by atoms with E-state index in [1.165, 1.54) is 0 Å². The number of methoxy groups -OCH3 is 1. The number of nitrogens with zero attached hydrogens (tertiary/aromatic N) is 2. The Kier molecular flexibility index (Phi) is 8.28. The summed E-state index contributed by atoms with van der Waals surface area (Å²) in [5.41, 5.74) is 8.16. The molecule has 36 heavy (non-hydrogen) atoms. The number of hydrazone groups is 1. The average molecular weight is 611 g/mol. The van der Waals surface area contributed by atoms with Gasteiger partial charge in [-0.25, -0.2) is 5.43 Å². The Hall–Kier alpha value is -3.36. The molecule has 184 valence electrons. The fourth-order valence-electron chi connectivity index (χ4n) is 3.73. The molecule has 0 spiro atoms. The first-order valence-corrected chi connectivity index (χ1v) is 12.8. The first-order valence-electron chi connectivity index (χ1n) is 11.2. The quantitative estimate of drug-likeness (QED) is 0.173. The lowest BCUT2D eigenvalue weighted by Gasteiger charge is -2.13. The third-order valence-electron chi connectivity index (χ3n) is 5.62. The number of carbonyl (C=O) groups is 1. The molecular formula is C28H25Br2N3O3. The van der Waals surface area contributed by atoms with Crippen molar-refractivity contribution in [2.45, 2.75) is 20.5 Å². The molecule has 0 aliphatic rings. The van der Waals surface area contributed by atoms with Crippen molar-refractivity contribution in [2.75, 3.05) is 7.11 Å². The van der Waals surface area contributed by atoms with Gasteiger partial charge in [-0.1, -0.05) is 28.1 Å². The smallest absolute Gasteiger partial charge is 0.271 e. The van der Waals surface area contributed by atoms with E-state index >= 15 is 0 Å². The maximum absolute atomic E-state index is 12.6. The Morgan fingerprint density at radius 1 is 0.944 bits per heavy atom. The number of hydrogen-bond acceptors (Lipinski definition) is 4. The topological polar surface area (TPSA) is 64.8 Å². The summed E-state index contributed by atoms with van der Waals surface area (Å²) in [6, 6.07) is 23.1. The van der Waals surface area contributed by atoms with Gasteiger partial charge in [0.15, 0.2) is 11.5 Å². The molecule has 4 aromatic rings. The van der Waals surface area contributed by atoms with Gasteiger partial charge in [0.1, 0.15) is 6.61 Å². The second-order valence-electron chi connectivity index (χ2n) is 8.14. The molecule has 0 aliphatic heterocycles. The van der Waals surface area contributed by atoms with E-state index in [-0.39, 0.29) is 5.91 Å². The monoisotopic (exact) mass is 609 g/mol. The van der Waals surface area contributed by atoms with E-state index in [9.17, 15) is 4.79 Å². The summed E-state index contributed by atoms with van der Waals surface area (Å²) >= 11 is 6.98. The third-order valence-corrected chi connectivity index (χ3v) is 6.83. The second-order valence-corrected chi connectivity index (χ2v) is 9.91. The Balaban J connectivity index is 1.41. The number of rotatable bonds is 8. The predicted molar refractivity (Wildman–Crippen MR) is 149 cm³/mol. The molecule has 1 N–H and O–H groups in total. The van der Waals surface area contributed by atoms with Crippen molar-refractivity contribution in [3.8, 4) is 17.2 Å². The van der Waals surface area contributed by atoms with Crippen molar-refractivity contribution < 1.29 is 14.3 Å². The van der Waals surface area contributed by atoms with E-state index < -0.39 is 0 Å². The molecule has 0 radical (unpaired) electrons. The van der Waals surface area contributed by atoms with Crippen LogP contribution in [-0.2, 0) is 6.61 Å². The number of amides is 1. The van der Waals surface area contributed by atoms with E-state index in [4.69, 9.17) is 9.47 Å². The van der Waals surface area contributed by atoms with Crippen LogP contribution in [0.4, 0.5) is 0 Å². The zero-order valence-electron chi connectivity index (χ0n) is 20.1. The summed E-state index contributed by atoms with van der Waals surface area (Å²) in [5, 5.41) is 4.13. The molecule has 0 fully saturated rings. The average Bonchev–Trinajstić information content (AvgIpc) is 3.22. The van der Waals surface area contributed by atoms with Crippen LogP contribution in [0.2, 0.25) is 0 Å². The Labute approximate surface area is 227 Å². The maximum atomic E-state index is 12.6. The van der Waals surface area contributed by atoms with Gasteiger partial charge in [-0.2, -0.15) is 5.10 Å². The van der Waals surface area contributed by atoms with Crippen LogP contribution in [0.5, 0.6) is 11.5 Å². The van der Waals surface area contributed by atoms with Crippen LogP contribution >= 0.6 is 31.9 Å². The van der Waals surface area contributed by atoms with Crippen LogP contribution < -0.4 is 14.9 Å². The van der Waals surface area contributed by atoms with E-state index in [2.05, 4.69) is 72.9 Å². The lowest BCUT2D eigenvalue weighted by atomic mass is 10.2. The molecule has 0 saturated carbocycles. The lowest BCUT2D eigenvalue weighted by Crippen LogP contribution is -2.17. The largest absolute Gasteiger partial charge is 0.493 e. The van der Waals surface area contributed by atoms with Crippen molar-refractivity contribution in [1.29, 1.82) is 0 Å². The van der Waals surface area contributed by atoms with Gasteiger partial charge in [0.25, 0.3) is 5.91 Å². The minimum Gasteiger partial charge on any atom is -0.493 e. The highest BCUT2D eigenvalue weighted by molar-refractivity contribution is 9.10. The standard InChI is InChI=1S/C28H25Br2N3O3/c1-18-4-5-19(2)33(18)24-12-8-21(9-13-24)28(34)32-31-16-22-14-26(35-3)27(15-25(22)30)36-17-20-6-10-23(29)11-7-20/h4-16H,17H2,1-3H3,(H,32,34). The number of aryl methyl sites for hydroxylation is 2. The molecule has 0 aliphatic carbocycles. The van der Waals surface area contributed by atoms with Gasteiger partial charge in [0, 0.05) is 37.1 Å². The summed E-state index contributed by atoms with van der Waals surface area (Å²) in [7, 11) is 1.58. The number of aromatic nitrogens is 1. The van der Waals surface area contributed by atoms with Crippen molar-refractivity contribution in [3.05, 3.63) is 110 Å². The molecule has 3 aromatic carbocycles. The van der Waals surface area contributed by atoms with Gasteiger partial charge in [-0.3, -0.25) is 4.79 Å². The van der Waals surface area contributed by atoms with E-state index in [0.29, 0.717) is 23.7 Å². The summed E-state index contributed by atoms with van der Waals surface area (Å²) in [6.45, 7) is 4.51. The molecule has 1 heterocycles. The van der Waals surface area contributed by atoms with Crippen LogP contribution in [0, 0.1) is 13.8 Å². The second kappa shape index (κ2) is 11.6. The Morgan fingerprint density at radius 2 is 1.61 bits per heavy atom. The summed E-state index contributed by atoms with van der Waals surface area (Å²) < 4.78 is 15.4. The highest BCUT2D eigenvalue weighted by Crippen LogP contribution is 2.33. The molecule has 8 heteroatoms. The number of hydrogen-bond donors (Lipinski definition) is 1. The first kappa shape index (κ1) is 25.7. The van der Waals surface area contributed by atoms with Crippen LogP contribution in [-0.4, -0.2) is 23.8 Å². The summed E-state index contributed by atoms with van der Waals surface area (Å²) in [5.74, 6) is 0.868. The minimum atomic E-state index is -0.295. The van der Waals surface area contributed by atoms with Crippen molar-refractivity contribution >= 4 is 44.0 Å². The van der Waals surface area contributed by atoms with Crippen LogP contribution in [0.25, 0.3) is 5.69 Å². The van der Waals surface area contributed by atoms with Crippen molar-refractivity contribution in [3.63, 3.8) is 0 Å². The summed E-state index contributed by atoms with van der Waals surface area (Å²) in [6.07, 6.45) is 1.56. The van der Waals surface area contributed by atoms with Gasteiger partial charge < -0.3 is 14.0 Å². The Morgan fingerprint density at radius 3 is 2.25 bits per heavy atom. The highest BCUT2D eigenvalue weighted by atomic mass is 79.9. The van der Waals surface area contributed by atoms with Crippen LogP contribution in [0.15, 0.2) is 86.8 Å². The molecule has 0 unspecified atom stereocenters. The molecule has 6 nitrogen and oxygen atoms in total. The number of benzene rings is 3. The number of carbonyl (C=O) groups excluding carboxylic acids is 1. The molecule has 1 amide bonds. The number of halogens is 2. The first-order chi connectivity index (χ1) is 17.4. The molecule has 0 bridgehead atoms. The van der Waals surface area contributed by atoms with Gasteiger partial charge >= 0.3 is 0 Å². The van der Waals surface area contributed by atoms with Crippen LogP contribution in [0.1, 0.15) is 32.9 Å². The van der Waals surface area contributed by atoms with Gasteiger partial charge in [-0.05, 0) is 96.0 Å². The molecule has 0 saturated heterocycles. The third kappa shape index (κ3) is 6.06. The fraction of sp³-hybridized carbons (Fsp3) is 0.143. The minimum absolute atomic E-state index is 0.295. The van der Waals surface area contributed by atoms with Crippen molar-refractivity contribution in [2.24, 2.45) is 5.10 Å². The molecule has 1 aromatic heterocycles. The highest BCUT2D eigenvalue weighted by Gasteiger charge is 2.11. The van der Waals surface area contributed by atoms with E-state index in [1.807, 2.05) is 42.5 Å². The molecular weight excluding hydrogens is 586 g/mol. The number of nitrogens with one attached hydrogen (secondary N) is 1. The fourth-order valence-corrected chi connectivity index (χ4v) is 4.42. The zero-order valence-corrected chi connectivity index (χ0v) is 23.3. The predicted octanol–water partition coefficient (Wildman–Crippen LogP) is 6.97. The van der Waals surface area contributed by atoms with Crippen LogP contribution in [0.3, 0.4) is 0 Å². The molecule has 4 rings (SSSR count). The zero-order chi connectivity index (χ0) is 25.7. The van der Waals surface area contributed by atoms with E-state index in [0.717, 1.165) is 37.1 Å². The normalized spacial score (nSPS) is 11.0. The van der Waals surface area contributed by atoms with Gasteiger partial charge in [-0.15, -0.1) is 0 Å². The number of ether oxygens (including phenoxy) is 2.